The van der Waals surface area contributed by atoms with Crippen LogP contribution in [0.1, 0.15) is 29.1 Å². The third kappa shape index (κ3) is 2.81. The molecule has 1 aromatic heterocycles. The van der Waals surface area contributed by atoms with Crippen molar-refractivity contribution >= 4 is 5.97 Å². The first-order valence-electron chi connectivity index (χ1n) is 6.17. The van der Waals surface area contributed by atoms with E-state index in [0.29, 0.717) is 28.3 Å². The highest BCUT2D eigenvalue weighted by molar-refractivity contribution is 5.87. The van der Waals surface area contributed by atoms with Crippen LogP contribution in [-0.4, -0.2) is 35.5 Å². The Hall–Kier alpha value is -2.57. The molecule has 7 heteroatoms. The van der Waals surface area contributed by atoms with Crippen molar-refractivity contribution in [3.05, 3.63) is 29.5 Å². The Balaban J connectivity index is 2.58. The number of alkyl halides is 1. The summed E-state index contributed by atoms with van der Waals surface area (Å²) in [7, 11) is 2.88. The zero-order valence-electron chi connectivity index (χ0n) is 11.8. The molecule has 0 aliphatic carbocycles. The molecule has 112 valence electrons. The molecule has 2 rings (SSSR count). The molecule has 1 heterocycles. The number of hydrogen-bond donors (Lipinski definition) is 2. The molecule has 0 amide bonds. The molecule has 0 spiro atoms. The predicted molar refractivity (Wildman–Crippen MR) is 73.6 cm³/mol. The molecular weight excluding hydrogens is 279 g/mol. The van der Waals surface area contributed by atoms with E-state index in [0.717, 1.165) is 0 Å². The lowest BCUT2D eigenvalue weighted by Crippen LogP contribution is -1.97. The number of benzene rings is 1. The van der Waals surface area contributed by atoms with Crippen molar-refractivity contribution in [2.45, 2.75) is 13.1 Å². The number of ether oxygens (including phenoxy) is 2. The van der Waals surface area contributed by atoms with Crippen molar-refractivity contribution < 1.29 is 23.8 Å². The summed E-state index contributed by atoms with van der Waals surface area (Å²) < 4.78 is 24.0. The summed E-state index contributed by atoms with van der Waals surface area (Å²) in [5.41, 5.74) is 1.20. The minimum atomic E-state index is -1.23. The molecule has 0 saturated heterocycles. The van der Waals surface area contributed by atoms with E-state index in [1.165, 1.54) is 33.3 Å². The zero-order chi connectivity index (χ0) is 15.6. The molecule has 2 N–H and O–H groups in total. The lowest BCUT2D eigenvalue weighted by atomic mass is 10.0. The second-order valence-electron chi connectivity index (χ2n) is 4.38. The van der Waals surface area contributed by atoms with E-state index in [-0.39, 0.29) is 5.69 Å². The number of carbonyl (C=O) groups is 1. The maximum absolute atomic E-state index is 13.6. The molecule has 0 aliphatic heterocycles. The number of rotatable bonds is 5. The Labute approximate surface area is 120 Å². The van der Waals surface area contributed by atoms with Crippen LogP contribution in [0.4, 0.5) is 4.39 Å². The van der Waals surface area contributed by atoms with Crippen LogP contribution in [0.25, 0.3) is 11.3 Å². The molecule has 0 saturated carbocycles. The average molecular weight is 294 g/mol. The molecular formula is C14H15FN2O4. The van der Waals surface area contributed by atoms with Crippen LogP contribution in [0.2, 0.25) is 0 Å². The maximum atomic E-state index is 13.6. The SMILES string of the molecule is COc1cc(C(C)F)c(OC)cc1-c1cc(C(=O)O)[nH]n1. The Kier molecular flexibility index (Phi) is 4.11. The first-order valence-corrected chi connectivity index (χ1v) is 6.17. The van der Waals surface area contributed by atoms with Gasteiger partial charge in [-0.3, -0.25) is 5.10 Å². The van der Waals surface area contributed by atoms with Crippen LogP contribution in [0.15, 0.2) is 18.2 Å². The van der Waals surface area contributed by atoms with E-state index in [9.17, 15) is 9.18 Å². The minimum Gasteiger partial charge on any atom is -0.496 e. The first-order chi connectivity index (χ1) is 9.97. The third-order valence-electron chi connectivity index (χ3n) is 3.06. The molecule has 1 unspecified atom stereocenters. The van der Waals surface area contributed by atoms with Gasteiger partial charge >= 0.3 is 5.97 Å². The minimum absolute atomic E-state index is 0.0473. The van der Waals surface area contributed by atoms with Gasteiger partial charge in [0.15, 0.2) is 0 Å². The molecule has 2 aromatic rings. The van der Waals surface area contributed by atoms with Crippen molar-refractivity contribution in [1.82, 2.24) is 10.2 Å². The summed E-state index contributed by atoms with van der Waals surface area (Å²) in [4.78, 5) is 10.9. The molecule has 21 heavy (non-hydrogen) atoms. The normalized spacial score (nSPS) is 12.0. The van der Waals surface area contributed by atoms with Crippen molar-refractivity contribution in [3.63, 3.8) is 0 Å². The summed E-state index contributed by atoms with van der Waals surface area (Å²) in [6.45, 7) is 1.40. The van der Waals surface area contributed by atoms with Gasteiger partial charge in [-0.2, -0.15) is 5.10 Å². The number of carboxylic acids is 1. The number of H-pyrrole nitrogens is 1. The highest BCUT2D eigenvalue weighted by Crippen LogP contribution is 2.38. The van der Waals surface area contributed by atoms with Gasteiger partial charge in [0.25, 0.3) is 0 Å². The van der Waals surface area contributed by atoms with Gasteiger partial charge in [0.2, 0.25) is 0 Å². The van der Waals surface area contributed by atoms with Crippen LogP contribution >= 0.6 is 0 Å². The number of carboxylic acid groups (broad SMARTS) is 1. The van der Waals surface area contributed by atoms with Crippen LogP contribution in [0, 0.1) is 0 Å². The van der Waals surface area contributed by atoms with E-state index >= 15 is 0 Å². The Morgan fingerprint density at radius 3 is 2.43 bits per heavy atom. The molecule has 0 fully saturated rings. The summed E-state index contributed by atoms with van der Waals surface area (Å²) in [6.07, 6.45) is -1.23. The van der Waals surface area contributed by atoms with Crippen LogP contribution in [-0.2, 0) is 0 Å². The van der Waals surface area contributed by atoms with Gasteiger partial charge in [0.05, 0.1) is 19.9 Å². The van der Waals surface area contributed by atoms with Crippen molar-refractivity contribution in [1.29, 1.82) is 0 Å². The molecule has 1 aromatic carbocycles. The molecule has 0 aliphatic rings. The standard InChI is InChI=1S/C14H15FN2O4/c1-7(15)8-4-13(21-3)9(5-12(8)20-2)10-6-11(14(18)19)17-16-10/h4-7H,1-3H3,(H,16,17)(H,18,19). The van der Waals surface area contributed by atoms with Crippen LogP contribution in [0.3, 0.4) is 0 Å². The fraction of sp³-hybridized carbons (Fsp3) is 0.286. The van der Waals surface area contributed by atoms with Crippen molar-refractivity contribution in [3.8, 4) is 22.8 Å². The van der Waals surface area contributed by atoms with E-state index in [2.05, 4.69) is 10.2 Å². The van der Waals surface area contributed by atoms with Gasteiger partial charge in [-0.25, -0.2) is 9.18 Å². The highest BCUT2D eigenvalue weighted by Gasteiger charge is 2.19. The van der Waals surface area contributed by atoms with Gasteiger partial charge in [-0.1, -0.05) is 0 Å². The van der Waals surface area contributed by atoms with Gasteiger partial charge in [0.1, 0.15) is 23.4 Å². The third-order valence-corrected chi connectivity index (χ3v) is 3.06. The number of methoxy groups -OCH3 is 2. The van der Waals surface area contributed by atoms with E-state index in [1.54, 1.807) is 6.07 Å². The van der Waals surface area contributed by atoms with E-state index in [4.69, 9.17) is 14.6 Å². The van der Waals surface area contributed by atoms with Crippen LogP contribution < -0.4 is 9.47 Å². The maximum Gasteiger partial charge on any atom is 0.353 e. The van der Waals surface area contributed by atoms with Gasteiger partial charge < -0.3 is 14.6 Å². The highest BCUT2D eigenvalue weighted by atomic mass is 19.1. The average Bonchev–Trinajstić information content (AvgIpc) is 2.95. The van der Waals surface area contributed by atoms with Gasteiger partial charge in [0, 0.05) is 11.1 Å². The summed E-state index contributed by atoms with van der Waals surface area (Å²) in [6, 6.07) is 4.47. The lowest BCUT2D eigenvalue weighted by Gasteiger charge is -2.14. The second-order valence-corrected chi connectivity index (χ2v) is 4.38. The second kappa shape index (κ2) is 5.82. The summed E-state index contributed by atoms with van der Waals surface area (Å²) >= 11 is 0. The first kappa shape index (κ1) is 14.8. The summed E-state index contributed by atoms with van der Waals surface area (Å²) in [5.74, 6) is -0.381. The van der Waals surface area contributed by atoms with Crippen molar-refractivity contribution in [2.24, 2.45) is 0 Å². The Morgan fingerprint density at radius 1 is 1.29 bits per heavy atom. The van der Waals surface area contributed by atoms with E-state index in [1.807, 2.05) is 0 Å². The number of nitrogens with one attached hydrogen (secondary N) is 1. The largest absolute Gasteiger partial charge is 0.496 e. The summed E-state index contributed by atoms with van der Waals surface area (Å²) in [5, 5.41) is 15.3. The molecule has 1 atom stereocenters. The van der Waals surface area contributed by atoms with Crippen molar-refractivity contribution in [2.75, 3.05) is 14.2 Å². The quantitative estimate of drug-likeness (QED) is 0.885. The van der Waals surface area contributed by atoms with Gasteiger partial charge in [-0.15, -0.1) is 0 Å². The van der Waals surface area contributed by atoms with Crippen LogP contribution in [0.5, 0.6) is 11.5 Å². The predicted octanol–water partition coefficient (Wildman–Crippen LogP) is 2.82. The number of aromatic carboxylic acids is 1. The fourth-order valence-corrected chi connectivity index (χ4v) is 2.00. The molecule has 0 bridgehead atoms. The zero-order valence-corrected chi connectivity index (χ0v) is 11.8. The Bertz CT molecular complexity index is 667. The number of halogens is 1. The smallest absolute Gasteiger partial charge is 0.353 e. The number of aromatic amines is 1. The molecule has 0 radical (unpaired) electrons. The topological polar surface area (TPSA) is 84.4 Å². The molecule has 6 nitrogen and oxygen atoms in total. The number of nitrogens with zero attached hydrogens (tertiary/aromatic N) is 1. The lowest BCUT2D eigenvalue weighted by molar-refractivity contribution is 0.0690. The number of hydrogen-bond acceptors (Lipinski definition) is 4. The monoisotopic (exact) mass is 294 g/mol. The fourth-order valence-electron chi connectivity index (χ4n) is 2.00. The van der Waals surface area contributed by atoms with E-state index < -0.39 is 12.1 Å². The Morgan fingerprint density at radius 2 is 1.95 bits per heavy atom. The number of aromatic nitrogens is 2. The van der Waals surface area contributed by atoms with Gasteiger partial charge in [-0.05, 0) is 25.1 Å².